The van der Waals surface area contributed by atoms with Gasteiger partial charge >= 0.3 is 0 Å². The summed E-state index contributed by atoms with van der Waals surface area (Å²) in [5.41, 5.74) is 3.38. The molecule has 3 rings (SSSR count). The number of hydrogen-bond donors (Lipinski definition) is 0. The van der Waals surface area contributed by atoms with E-state index in [0.717, 1.165) is 31.6 Å². The number of likely N-dealkylation sites (tertiary alicyclic amines) is 1. The molecule has 0 bridgehead atoms. The lowest BCUT2D eigenvalue weighted by molar-refractivity contribution is -0.131. The van der Waals surface area contributed by atoms with Gasteiger partial charge in [-0.1, -0.05) is 35.0 Å². The number of hydrogen-bond acceptors (Lipinski definition) is 4. The molecule has 1 amide bonds. The van der Waals surface area contributed by atoms with E-state index in [0.29, 0.717) is 19.0 Å². The first kappa shape index (κ1) is 16.7. The molecule has 0 saturated carbocycles. The summed E-state index contributed by atoms with van der Waals surface area (Å²) in [7, 11) is 2.10. The van der Waals surface area contributed by atoms with Gasteiger partial charge in [-0.15, -0.1) is 0 Å². The lowest BCUT2D eigenvalue weighted by Crippen LogP contribution is -2.33. The Morgan fingerprint density at radius 1 is 1.25 bits per heavy atom. The zero-order valence-corrected chi connectivity index (χ0v) is 14.4. The van der Waals surface area contributed by atoms with E-state index in [1.54, 1.807) is 6.26 Å². The lowest BCUT2D eigenvalue weighted by Gasteiger charge is -2.26. The maximum Gasteiger partial charge on any atom is 0.222 e. The van der Waals surface area contributed by atoms with Crippen LogP contribution >= 0.6 is 0 Å². The third-order valence-corrected chi connectivity index (χ3v) is 4.80. The van der Waals surface area contributed by atoms with Crippen molar-refractivity contribution in [2.45, 2.75) is 45.3 Å². The largest absolute Gasteiger partial charge is 0.364 e. The highest BCUT2D eigenvalue weighted by Gasteiger charge is 2.25. The van der Waals surface area contributed by atoms with Crippen LogP contribution < -0.4 is 0 Å². The van der Waals surface area contributed by atoms with Crippen LogP contribution in [0, 0.1) is 6.92 Å². The van der Waals surface area contributed by atoms with Gasteiger partial charge in [0.05, 0.1) is 5.69 Å². The fourth-order valence-corrected chi connectivity index (χ4v) is 3.25. The van der Waals surface area contributed by atoms with Crippen molar-refractivity contribution in [3.8, 4) is 0 Å². The molecule has 1 aromatic heterocycles. The van der Waals surface area contributed by atoms with Gasteiger partial charge in [0.1, 0.15) is 6.26 Å². The number of carbonyl (C=O) groups is 1. The van der Waals surface area contributed by atoms with E-state index >= 15 is 0 Å². The molecule has 2 heterocycles. The van der Waals surface area contributed by atoms with E-state index in [-0.39, 0.29) is 5.91 Å². The Kier molecular flexibility index (Phi) is 5.30. The maximum absolute atomic E-state index is 12.5. The Hall–Kier alpha value is -2.14. The van der Waals surface area contributed by atoms with Crippen molar-refractivity contribution in [2.75, 3.05) is 13.6 Å². The van der Waals surface area contributed by atoms with Crippen LogP contribution in [0.5, 0.6) is 0 Å². The van der Waals surface area contributed by atoms with E-state index in [1.165, 1.54) is 11.1 Å². The zero-order chi connectivity index (χ0) is 16.9. The van der Waals surface area contributed by atoms with Crippen LogP contribution in [0.25, 0.3) is 0 Å². The molecule has 128 valence electrons. The number of amides is 1. The minimum absolute atomic E-state index is 0.257. The molecule has 1 unspecified atom stereocenters. The van der Waals surface area contributed by atoms with Gasteiger partial charge < -0.3 is 9.42 Å². The van der Waals surface area contributed by atoms with Crippen molar-refractivity contribution in [3.63, 3.8) is 0 Å². The number of aryl methyl sites for hydroxylation is 1. The fraction of sp³-hybridized carbons (Fsp3) is 0.474. The standard InChI is InChI=1S/C19H25N3O2/c1-15-3-5-16(6-4-15)13-22-11-9-18(7-8-19(22)23)21(2)14-17-10-12-24-20-17/h3-6,10,12,18H,7-9,11,13-14H2,1-2H3. The third-order valence-electron chi connectivity index (χ3n) is 4.80. The van der Waals surface area contributed by atoms with Crippen molar-refractivity contribution in [1.82, 2.24) is 15.0 Å². The topological polar surface area (TPSA) is 49.6 Å². The smallest absolute Gasteiger partial charge is 0.222 e. The van der Waals surface area contributed by atoms with Gasteiger partial charge in [0.15, 0.2) is 0 Å². The van der Waals surface area contributed by atoms with Crippen LogP contribution in [0.2, 0.25) is 0 Å². The second-order valence-electron chi connectivity index (χ2n) is 6.69. The molecular weight excluding hydrogens is 302 g/mol. The van der Waals surface area contributed by atoms with Gasteiger partial charge in [0.25, 0.3) is 0 Å². The minimum Gasteiger partial charge on any atom is -0.364 e. The van der Waals surface area contributed by atoms with Gasteiger partial charge in [-0.3, -0.25) is 9.69 Å². The van der Waals surface area contributed by atoms with Crippen molar-refractivity contribution < 1.29 is 9.32 Å². The predicted octanol–water partition coefficient (Wildman–Crippen LogP) is 3.00. The molecule has 24 heavy (non-hydrogen) atoms. The molecule has 1 fully saturated rings. The summed E-state index contributed by atoms with van der Waals surface area (Å²) < 4.78 is 4.90. The molecule has 1 saturated heterocycles. The average Bonchev–Trinajstić information content (AvgIpc) is 3.01. The SMILES string of the molecule is Cc1ccc(CN2CCC(N(C)Cc3ccon3)CCC2=O)cc1. The summed E-state index contributed by atoms with van der Waals surface area (Å²) >= 11 is 0. The van der Waals surface area contributed by atoms with Crippen LogP contribution in [0.1, 0.15) is 36.1 Å². The minimum atomic E-state index is 0.257. The molecule has 0 N–H and O–H groups in total. The van der Waals surface area contributed by atoms with Crippen LogP contribution in [-0.4, -0.2) is 40.5 Å². The van der Waals surface area contributed by atoms with E-state index in [4.69, 9.17) is 4.52 Å². The van der Waals surface area contributed by atoms with Gasteiger partial charge in [-0.2, -0.15) is 0 Å². The Morgan fingerprint density at radius 2 is 2.04 bits per heavy atom. The average molecular weight is 327 g/mol. The Morgan fingerprint density at radius 3 is 2.75 bits per heavy atom. The van der Waals surface area contributed by atoms with E-state index < -0.39 is 0 Å². The maximum atomic E-state index is 12.5. The first-order chi connectivity index (χ1) is 11.6. The molecule has 1 aliphatic rings. The highest BCUT2D eigenvalue weighted by atomic mass is 16.5. The number of aromatic nitrogens is 1. The van der Waals surface area contributed by atoms with E-state index in [1.807, 2.05) is 11.0 Å². The van der Waals surface area contributed by atoms with Crippen LogP contribution in [0.3, 0.4) is 0 Å². The molecule has 0 aliphatic carbocycles. The fourth-order valence-electron chi connectivity index (χ4n) is 3.25. The first-order valence-corrected chi connectivity index (χ1v) is 8.54. The van der Waals surface area contributed by atoms with Gasteiger partial charge in [0, 0.05) is 38.2 Å². The normalized spacial score (nSPS) is 18.9. The van der Waals surface area contributed by atoms with Gasteiger partial charge in [-0.05, 0) is 32.4 Å². The highest BCUT2D eigenvalue weighted by Crippen LogP contribution is 2.20. The zero-order valence-electron chi connectivity index (χ0n) is 14.4. The van der Waals surface area contributed by atoms with Crippen LogP contribution in [0.4, 0.5) is 0 Å². The molecule has 5 heteroatoms. The highest BCUT2D eigenvalue weighted by molar-refractivity contribution is 5.76. The summed E-state index contributed by atoms with van der Waals surface area (Å²) in [6.07, 6.45) is 4.10. The predicted molar refractivity (Wildman–Crippen MR) is 92.2 cm³/mol. The number of benzene rings is 1. The summed E-state index contributed by atoms with van der Waals surface area (Å²) in [4.78, 5) is 16.7. The first-order valence-electron chi connectivity index (χ1n) is 8.54. The Labute approximate surface area is 143 Å². The Bertz CT molecular complexity index is 652. The monoisotopic (exact) mass is 327 g/mol. The Balaban J connectivity index is 1.58. The molecule has 5 nitrogen and oxygen atoms in total. The molecule has 0 spiro atoms. The number of rotatable bonds is 5. The molecule has 1 atom stereocenters. The second kappa shape index (κ2) is 7.62. The van der Waals surface area contributed by atoms with Crippen molar-refractivity contribution in [1.29, 1.82) is 0 Å². The quantitative estimate of drug-likeness (QED) is 0.847. The van der Waals surface area contributed by atoms with Gasteiger partial charge in [-0.25, -0.2) is 0 Å². The van der Waals surface area contributed by atoms with Crippen molar-refractivity contribution >= 4 is 5.91 Å². The van der Waals surface area contributed by atoms with E-state index in [9.17, 15) is 4.79 Å². The number of carbonyl (C=O) groups excluding carboxylic acids is 1. The van der Waals surface area contributed by atoms with Crippen molar-refractivity contribution in [2.24, 2.45) is 0 Å². The van der Waals surface area contributed by atoms with Crippen LogP contribution in [-0.2, 0) is 17.9 Å². The summed E-state index contributed by atoms with van der Waals surface area (Å²) in [5.74, 6) is 0.257. The van der Waals surface area contributed by atoms with Crippen molar-refractivity contribution in [3.05, 3.63) is 53.4 Å². The summed E-state index contributed by atoms with van der Waals surface area (Å²) in [6.45, 7) is 4.35. The summed E-state index contributed by atoms with van der Waals surface area (Å²) in [6, 6.07) is 10.7. The molecule has 0 radical (unpaired) electrons. The van der Waals surface area contributed by atoms with E-state index in [2.05, 4.69) is 48.3 Å². The van der Waals surface area contributed by atoms with Gasteiger partial charge in [0.2, 0.25) is 5.91 Å². The third kappa shape index (κ3) is 4.23. The molecule has 2 aromatic rings. The molecule has 1 aliphatic heterocycles. The summed E-state index contributed by atoms with van der Waals surface area (Å²) in [5, 5.41) is 3.97. The molecule has 1 aromatic carbocycles. The lowest BCUT2D eigenvalue weighted by atomic mass is 10.1. The van der Waals surface area contributed by atoms with Crippen LogP contribution in [0.15, 0.2) is 41.1 Å². The second-order valence-corrected chi connectivity index (χ2v) is 6.69. The number of nitrogens with zero attached hydrogens (tertiary/aromatic N) is 3. The molecular formula is C19H25N3O2.